The topological polar surface area (TPSA) is 66.4 Å². The van der Waals surface area contributed by atoms with E-state index in [4.69, 9.17) is 4.55 Å². The van der Waals surface area contributed by atoms with Crippen LogP contribution in [0.4, 0.5) is 11.4 Å². The van der Waals surface area contributed by atoms with Crippen molar-refractivity contribution in [1.29, 1.82) is 0 Å². The van der Waals surface area contributed by atoms with Crippen molar-refractivity contribution in [1.82, 2.24) is 0 Å². The minimum Gasteiger partial charge on any atom is -0.354 e. The Labute approximate surface area is 106 Å². The smallest absolute Gasteiger partial charge is 0.296 e. The Morgan fingerprint density at radius 2 is 1.61 bits per heavy atom. The molecule has 0 saturated carbocycles. The second-order valence-corrected chi connectivity index (χ2v) is 5.35. The van der Waals surface area contributed by atoms with E-state index in [1.807, 2.05) is 31.2 Å². The maximum absolute atomic E-state index is 11.2. The standard InChI is InChI=1S/C13H13NO3S/c1-10-6-8-11(9-7-10)14-12-4-2-3-5-13(12)18(15,16)17/h2-9,14H,1H3,(H,15,16,17). The van der Waals surface area contributed by atoms with E-state index in [0.29, 0.717) is 5.69 Å². The van der Waals surface area contributed by atoms with E-state index in [1.54, 1.807) is 18.2 Å². The molecule has 0 aliphatic heterocycles. The summed E-state index contributed by atoms with van der Waals surface area (Å²) in [6, 6.07) is 13.7. The van der Waals surface area contributed by atoms with Crippen LogP contribution in [0.5, 0.6) is 0 Å². The highest BCUT2D eigenvalue weighted by Crippen LogP contribution is 2.24. The van der Waals surface area contributed by atoms with Crippen LogP contribution < -0.4 is 5.32 Å². The van der Waals surface area contributed by atoms with Gasteiger partial charge in [-0.15, -0.1) is 0 Å². The largest absolute Gasteiger partial charge is 0.354 e. The van der Waals surface area contributed by atoms with Gasteiger partial charge in [-0.25, -0.2) is 0 Å². The van der Waals surface area contributed by atoms with E-state index in [1.165, 1.54) is 6.07 Å². The van der Waals surface area contributed by atoms with Crippen molar-refractivity contribution < 1.29 is 13.0 Å². The van der Waals surface area contributed by atoms with Gasteiger partial charge in [0.2, 0.25) is 0 Å². The van der Waals surface area contributed by atoms with E-state index in [9.17, 15) is 8.42 Å². The molecule has 0 radical (unpaired) electrons. The maximum Gasteiger partial charge on any atom is 0.296 e. The van der Waals surface area contributed by atoms with E-state index < -0.39 is 10.1 Å². The first-order valence-corrected chi connectivity index (χ1v) is 6.81. The summed E-state index contributed by atoms with van der Waals surface area (Å²) in [7, 11) is -4.22. The summed E-state index contributed by atoms with van der Waals surface area (Å²) >= 11 is 0. The molecule has 2 aromatic rings. The van der Waals surface area contributed by atoms with Gasteiger partial charge in [-0.2, -0.15) is 8.42 Å². The average Bonchev–Trinajstić information content (AvgIpc) is 2.31. The van der Waals surface area contributed by atoms with Crippen LogP contribution in [-0.2, 0) is 10.1 Å². The number of benzene rings is 2. The lowest BCUT2D eigenvalue weighted by Gasteiger charge is -2.10. The Morgan fingerprint density at radius 1 is 1.00 bits per heavy atom. The SMILES string of the molecule is Cc1ccc(Nc2ccccc2S(=O)(=O)O)cc1. The van der Waals surface area contributed by atoms with E-state index in [-0.39, 0.29) is 4.90 Å². The maximum atomic E-state index is 11.2. The molecule has 0 unspecified atom stereocenters. The predicted octanol–water partition coefficient (Wildman–Crippen LogP) is 2.99. The molecule has 4 nitrogen and oxygen atoms in total. The first-order chi connectivity index (χ1) is 8.47. The van der Waals surface area contributed by atoms with Crippen LogP contribution in [0.25, 0.3) is 0 Å². The van der Waals surface area contributed by atoms with Crippen LogP contribution in [0, 0.1) is 6.92 Å². The molecule has 0 aliphatic rings. The lowest BCUT2D eigenvalue weighted by atomic mass is 10.2. The second kappa shape index (κ2) is 4.80. The van der Waals surface area contributed by atoms with Gasteiger partial charge < -0.3 is 5.32 Å². The highest BCUT2D eigenvalue weighted by atomic mass is 32.2. The predicted molar refractivity (Wildman–Crippen MR) is 70.7 cm³/mol. The van der Waals surface area contributed by atoms with Crippen LogP contribution in [0.3, 0.4) is 0 Å². The number of anilines is 2. The molecule has 0 amide bonds. The molecule has 0 bridgehead atoms. The van der Waals surface area contributed by atoms with Gasteiger partial charge in [0, 0.05) is 5.69 Å². The van der Waals surface area contributed by atoms with Gasteiger partial charge in [0.05, 0.1) is 5.69 Å². The number of hydrogen-bond acceptors (Lipinski definition) is 3. The Kier molecular flexibility index (Phi) is 3.36. The molecular formula is C13H13NO3S. The summed E-state index contributed by atoms with van der Waals surface area (Å²) in [6.45, 7) is 1.97. The fourth-order valence-corrected chi connectivity index (χ4v) is 2.23. The minimum atomic E-state index is -4.22. The van der Waals surface area contributed by atoms with Gasteiger partial charge in [-0.3, -0.25) is 4.55 Å². The first kappa shape index (κ1) is 12.6. The fraction of sp³-hybridized carbons (Fsp3) is 0.0769. The van der Waals surface area contributed by atoms with E-state index >= 15 is 0 Å². The zero-order valence-corrected chi connectivity index (χ0v) is 10.6. The van der Waals surface area contributed by atoms with Crippen LogP contribution in [0.1, 0.15) is 5.56 Å². The molecule has 0 aliphatic carbocycles. The molecule has 5 heteroatoms. The van der Waals surface area contributed by atoms with Crippen molar-refractivity contribution in [2.24, 2.45) is 0 Å². The minimum absolute atomic E-state index is 0.134. The van der Waals surface area contributed by atoms with Crippen LogP contribution in [0.2, 0.25) is 0 Å². The van der Waals surface area contributed by atoms with Gasteiger partial charge in [0.25, 0.3) is 10.1 Å². The third-order valence-electron chi connectivity index (χ3n) is 2.50. The van der Waals surface area contributed by atoms with Gasteiger partial charge >= 0.3 is 0 Å². The summed E-state index contributed by atoms with van der Waals surface area (Å²) in [6.07, 6.45) is 0. The number of aryl methyl sites for hydroxylation is 1. The highest BCUT2D eigenvalue weighted by Gasteiger charge is 2.14. The van der Waals surface area contributed by atoms with Crippen molar-refractivity contribution in [3.8, 4) is 0 Å². The monoisotopic (exact) mass is 263 g/mol. The fourth-order valence-electron chi connectivity index (χ4n) is 1.59. The molecule has 0 aromatic heterocycles. The highest BCUT2D eigenvalue weighted by molar-refractivity contribution is 7.86. The van der Waals surface area contributed by atoms with Crippen LogP contribution in [0.15, 0.2) is 53.4 Å². The zero-order chi connectivity index (χ0) is 13.2. The van der Waals surface area contributed by atoms with Gasteiger partial charge in [-0.1, -0.05) is 29.8 Å². The molecule has 94 valence electrons. The number of nitrogens with one attached hydrogen (secondary N) is 1. The van der Waals surface area contributed by atoms with Gasteiger partial charge in [0.1, 0.15) is 4.90 Å². The Hall–Kier alpha value is -1.85. The third-order valence-corrected chi connectivity index (χ3v) is 3.41. The number of hydrogen-bond donors (Lipinski definition) is 2. The molecule has 2 N–H and O–H groups in total. The third kappa shape index (κ3) is 2.88. The summed E-state index contributed by atoms with van der Waals surface area (Å²) < 4.78 is 31.6. The lowest BCUT2D eigenvalue weighted by Crippen LogP contribution is -2.03. The summed E-state index contributed by atoms with van der Waals surface area (Å²) in [5.41, 5.74) is 2.23. The summed E-state index contributed by atoms with van der Waals surface area (Å²) in [5.74, 6) is 0. The molecule has 18 heavy (non-hydrogen) atoms. The molecule has 0 atom stereocenters. The molecule has 2 rings (SSSR count). The normalized spacial score (nSPS) is 11.2. The van der Waals surface area contributed by atoms with Crippen molar-refractivity contribution in [3.63, 3.8) is 0 Å². The molecule has 0 fully saturated rings. The first-order valence-electron chi connectivity index (χ1n) is 5.37. The molecule has 0 spiro atoms. The lowest BCUT2D eigenvalue weighted by molar-refractivity contribution is 0.483. The average molecular weight is 263 g/mol. The van der Waals surface area contributed by atoms with Crippen molar-refractivity contribution in [2.45, 2.75) is 11.8 Å². The Bertz CT molecular complexity index is 648. The van der Waals surface area contributed by atoms with Gasteiger partial charge in [0.15, 0.2) is 0 Å². The van der Waals surface area contributed by atoms with E-state index in [2.05, 4.69) is 5.32 Å². The zero-order valence-electron chi connectivity index (χ0n) is 9.79. The van der Waals surface area contributed by atoms with Crippen molar-refractivity contribution in [2.75, 3.05) is 5.32 Å². The van der Waals surface area contributed by atoms with Crippen molar-refractivity contribution in [3.05, 3.63) is 54.1 Å². The molecule has 0 heterocycles. The number of para-hydroxylation sites is 1. The number of rotatable bonds is 3. The Balaban J connectivity index is 2.38. The van der Waals surface area contributed by atoms with Crippen LogP contribution in [-0.4, -0.2) is 13.0 Å². The summed E-state index contributed by atoms with van der Waals surface area (Å²) in [4.78, 5) is -0.134. The molecule has 2 aromatic carbocycles. The quantitative estimate of drug-likeness (QED) is 0.835. The van der Waals surface area contributed by atoms with Crippen LogP contribution >= 0.6 is 0 Å². The molecular weight excluding hydrogens is 250 g/mol. The molecule has 0 saturated heterocycles. The van der Waals surface area contributed by atoms with Crippen molar-refractivity contribution >= 4 is 21.5 Å². The summed E-state index contributed by atoms with van der Waals surface area (Å²) in [5, 5.41) is 2.97. The Morgan fingerprint density at radius 3 is 2.22 bits per heavy atom. The second-order valence-electron chi connectivity index (χ2n) is 3.96. The van der Waals surface area contributed by atoms with E-state index in [0.717, 1.165) is 11.3 Å². The van der Waals surface area contributed by atoms with Gasteiger partial charge in [-0.05, 0) is 31.2 Å².